The smallest absolute Gasteiger partial charge is 0.125 e. The molecule has 2 aromatic rings. The Bertz CT molecular complexity index is 507. The van der Waals surface area contributed by atoms with Gasteiger partial charge in [0.15, 0.2) is 0 Å². The highest BCUT2D eigenvalue weighted by Crippen LogP contribution is 2.25. The molecule has 1 aromatic carbocycles. The maximum atomic E-state index is 5.86. The first kappa shape index (κ1) is 12.9. The SMILES string of the molecule is CCc1ccc(C(NC)c2cc(C)cc(C)c2)o1. The molecular formula is C16H21NO. The summed E-state index contributed by atoms with van der Waals surface area (Å²) in [5, 5.41) is 3.33. The predicted molar refractivity (Wildman–Crippen MR) is 74.9 cm³/mol. The number of hydrogen-bond acceptors (Lipinski definition) is 2. The van der Waals surface area contributed by atoms with E-state index in [-0.39, 0.29) is 6.04 Å². The van der Waals surface area contributed by atoms with E-state index in [1.54, 1.807) is 0 Å². The summed E-state index contributed by atoms with van der Waals surface area (Å²) in [4.78, 5) is 0. The van der Waals surface area contributed by atoms with Crippen LogP contribution in [-0.2, 0) is 6.42 Å². The van der Waals surface area contributed by atoms with Crippen LogP contribution in [0.25, 0.3) is 0 Å². The highest BCUT2D eigenvalue weighted by Gasteiger charge is 2.16. The van der Waals surface area contributed by atoms with E-state index in [2.05, 4.69) is 56.4 Å². The number of rotatable bonds is 4. The lowest BCUT2D eigenvalue weighted by Crippen LogP contribution is -2.17. The minimum absolute atomic E-state index is 0.129. The first-order valence-electron chi connectivity index (χ1n) is 6.48. The van der Waals surface area contributed by atoms with Crippen molar-refractivity contribution < 1.29 is 4.42 Å². The van der Waals surface area contributed by atoms with Crippen molar-refractivity contribution in [2.75, 3.05) is 7.05 Å². The molecule has 1 aromatic heterocycles. The van der Waals surface area contributed by atoms with Crippen LogP contribution in [0.4, 0.5) is 0 Å². The lowest BCUT2D eigenvalue weighted by atomic mass is 10.00. The molecule has 0 aliphatic heterocycles. The molecule has 0 spiro atoms. The summed E-state index contributed by atoms with van der Waals surface area (Å²) in [6, 6.07) is 10.9. The zero-order valence-electron chi connectivity index (χ0n) is 11.6. The Balaban J connectivity index is 2.38. The third-order valence-corrected chi connectivity index (χ3v) is 3.18. The van der Waals surface area contributed by atoms with Gasteiger partial charge in [-0.3, -0.25) is 0 Å². The highest BCUT2D eigenvalue weighted by atomic mass is 16.3. The molecule has 96 valence electrons. The third-order valence-electron chi connectivity index (χ3n) is 3.18. The summed E-state index contributed by atoms with van der Waals surface area (Å²) in [6.07, 6.45) is 0.934. The van der Waals surface area contributed by atoms with Gasteiger partial charge >= 0.3 is 0 Å². The molecule has 0 aliphatic carbocycles. The molecule has 2 rings (SSSR count). The summed E-state index contributed by atoms with van der Waals surface area (Å²) in [5.74, 6) is 2.02. The normalized spacial score (nSPS) is 12.7. The van der Waals surface area contributed by atoms with Gasteiger partial charge in [0, 0.05) is 6.42 Å². The summed E-state index contributed by atoms with van der Waals surface area (Å²) in [5.41, 5.74) is 3.83. The Kier molecular flexibility index (Phi) is 3.87. The Morgan fingerprint density at radius 2 is 1.78 bits per heavy atom. The van der Waals surface area contributed by atoms with E-state index in [0.29, 0.717) is 0 Å². The van der Waals surface area contributed by atoms with E-state index in [9.17, 15) is 0 Å². The molecule has 1 unspecified atom stereocenters. The highest BCUT2D eigenvalue weighted by molar-refractivity contribution is 5.34. The second kappa shape index (κ2) is 5.40. The first-order chi connectivity index (χ1) is 8.63. The van der Waals surface area contributed by atoms with E-state index >= 15 is 0 Å². The van der Waals surface area contributed by atoms with Crippen molar-refractivity contribution in [1.82, 2.24) is 5.32 Å². The molecule has 1 atom stereocenters. The molecule has 0 amide bonds. The van der Waals surface area contributed by atoms with Crippen molar-refractivity contribution in [2.24, 2.45) is 0 Å². The number of hydrogen-bond donors (Lipinski definition) is 1. The van der Waals surface area contributed by atoms with Crippen molar-refractivity contribution in [3.8, 4) is 0 Å². The standard InChI is InChI=1S/C16H21NO/c1-5-14-6-7-15(18-14)16(17-4)13-9-11(2)8-12(3)10-13/h6-10,16-17H,5H2,1-4H3. The zero-order valence-corrected chi connectivity index (χ0v) is 11.6. The van der Waals surface area contributed by atoms with Crippen LogP contribution < -0.4 is 5.32 Å². The predicted octanol–water partition coefficient (Wildman–Crippen LogP) is 3.77. The van der Waals surface area contributed by atoms with Crippen molar-refractivity contribution in [1.29, 1.82) is 0 Å². The molecule has 0 bridgehead atoms. The van der Waals surface area contributed by atoms with Gasteiger partial charge in [-0.15, -0.1) is 0 Å². The number of furan rings is 1. The zero-order chi connectivity index (χ0) is 13.1. The van der Waals surface area contributed by atoms with E-state index in [1.807, 2.05) is 7.05 Å². The van der Waals surface area contributed by atoms with Crippen LogP contribution in [0.2, 0.25) is 0 Å². The Morgan fingerprint density at radius 3 is 2.28 bits per heavy atom. The van der Waals surface area contributed by atoms with Gasteiger partial charge in [-0.1, -0.05) is 36.2 Å². The molecule has 0 saturated heterocycles. The minimum Gasteiger partial charge on any atom is -0.464 e. The van der Waals surface area contributed by atoms with Gasteiger partial charge in [0.25, 0.3) is 0 Å². The van der Waals surface area contributed by atoms with Crippen molar-refractivity contribution in [3.05, 3.63) is 58.5 Å². The van der Waals surface area contributed by atoms with E-state index in [1.165, 1.54) is 16.7 Å². The first-order valence-corrected chi connectivity index (χ1v) is 6.48. The van der Waals surface area contributed by atoms with Crippen LogP contribution in [-0.4, -0.2) is 7.05 Å². The average Bonchev–Trinajstić information content (AvgIpc) is 2.77. The lowest BCUT2D eigenvalue weighted by Gasteiger charge is -2.15. The summed E-state index contributed by atoms with van der Waals surface area (Å²) in [7, 11) is 1.97. The molecule has 0 radical (unpaired) electrons. The molecule has 1 N–H and O–H groups in total. The molecule has 2 heteroatoms. The van der Waals surface area contributed by atoms with E-state index in [4.69, 9.17) is 4.42 Å². The monoisotopic (exact) mass is 243 g/mol. The van der Waals surface area contributed by atoms with Crippen molar-refractivity contribution in [3.63, 3.8) is 0 Å². The molecule has 0 fully saturated rings. The van der Waals surface area contributed by atoms with E-state index < -0.39 is 0 Å². The number of aryl methyl sites for hydroxylation is 3. The van der Waals surface area contributed by atoms with Crippen LogP contribution in [0.3, 0.4) is 0 Å². The molecule has 1 heterocycles. The van der Waals surface area contributed by atoms with Crippen LogP contribution in [0.5, 0.6) is 0 Å². The second-order valence-electron chi connectivity index (χ2n) is 4.80. The van der Waals surface area contributed by atoms with Gasteiger partial charge in [0.05, 0.1) is 6.04 Å². The maximum absolute atomic E-state index is 5.86. The molecular weight excluding hydrogens is 222 g/mol. The Hall–Kier alpha value is -1.54. The fourth-order valence-corrected chi connectivity index (χ4v) is 2.39. The molecule has 0 aliphatic rings. The largest absolute Gasteiger partial charge is 0.464 e. The van der Waals surface area contributed by atoms with Crippen molar-refractivity contribution >= 4 is 0 Å². The Labute approximate surface area is 109 Å². The van der Waals surface area contributed by atoms with Crippen LogP contribution >= 0.6 is 0 Å². The average molecular weight is 243 g/mol. The fraction of sp³-hybridized carbons (Fsp3) is 0.375. The molecule has 0 saturated carbocycles. The number of benzene rings is 1. The Morgan fingerprint density at radius 1 is 1.11 bits per heavy atom. The van der Waals surface area contributed by atoms with Crippen LogP contribution in [0.15, 0.2) is 34.7 Å². The maximum Gasteiger partial charge on any atom is 0.125 e. The lowest BCUT2D eigenvalue weighted by molar-refractivity contribution is 0.434. The van der Waals surface area contributed by atoms with Gasteiger partial charge in [-0.05, 0) is 38.6 Å². The molecule has 2 nitrogen and oxygen atoms in total. The summed E-state index contributed by atoms with van der Waals surface area (Å²) in [6.45, 7) is 6.36. The van der Waals surface area contributed by atoms with Gasteiger partial charge in [0.2, 0.25) is 0 Å². The fourth-order valence-electron chi connectivity index (χ4n) is 2.39. The van der Waals surface area contributed by atoms with E-state index in [0.717, 1.165) is 17.9 Å². The van der Waals surface area contributed by atoms with Gasteiger partial charge in [-0.2, -0.15) is 0 Å². The van der Waals surface area contributed by atoms with Crippen molar-refractivity contribution in [2.45, 2.75) is 33.2 Å². The summed E-state index contributed by atoms with van der Waals surface area (Å²) >= 11 is 0. The topological polar surface area (TPSA) is 25.2 Å². The van der Waals surface area contributed by atoms with Gasteiger partial charge < -0.3 is 9.73 Å². The molecule has 18 heavy (non-hydrogen) atoms. The van der Waals surface area contributed by atoms with Crippen LogP contribution in [0, 0.1) is 13.8 Å². The second-order valence-corrected chi connectivity index (χ2v) is 4.80. The van der Waals surface area contributed by atoms with Gasteiger partial charge in [-0.25, -0.2) is 0 Å². The van der Waals surface area contributed by atoms with Gasteiger partial charge in [0.1, 0.15) is 11.5 Å². The number of nitrogens with one attached hydrogen (secondary N) is 1. The van der Waals surface area contributed by atoms with Crippen LogP contribution in [0.1, 0.15) is 41.2 Å². The quantitative estimate of drug-likeness (QED) is 0.884. The minimum atomic E-state index is 0.129. The summed E-state index contributed by atoms with van der Waals surface area (Å²) < 4.78 is 5.86. The third kappa shape index (κ3) is 2.65.